The largest absolute Gasteiger partial charge is 0.493 e. The maximum absolute atomic E-state index is 13.7. The van der Waals surface area contributed by atoms with E-state index in [2.05, 4.69) is 10.3 Å². The SMILES string of the molecule is COc1ccc(C(=O)C2(c3ccccc3)CC2C(=O)Nc2cc(C)ccn2)cc1OC. The predicted octanol–water partition coefficient (Wildman–Crippen LogP) is 4.19. The monoisotopic (exact) mass is 416 g/mol. The van der Waals surface area contributed by atoms with Crippen LogP contribution in [-0.2, 0) is 10.2 Å². The molecule has 2 unspecified atom stereocenters. The molecule has 0 radical (unpaired) electrons. The number of nitrogens with one attached hydrogen (secondary N) is 1. The van der Waals surface area contributed by atoms with Gasteiger partial charge in [-0.15, -0.1) is 0 Å². The second kappa shape index (κ2) is 8.22. The Morgan fingerprint density at radius 1 is 1.00 bits per heavy atom. The Bertz CT molecular complexity index is 1130. The summed E-state index contributed by atoms with van der Waals surface area (Å²) in [4.78, 5) is 31.0. The van der Waals surface area contributed by atoms with E-state index >= 15 is 0 Å². The molecule has 1 N–H and O–H groups in total. The van der Waals surface area contributed by atoms with E-state index in [-0.39, 0.29) is 11.7 Å². The summed E-state index contributed by atoms with van der Waals surface area (Å²) < 4.78 is 10.7. The van der Waals surface area contributed by atoms with Gasteiger partial charge >= 0.3 is 0 Å². The van der Waals surface area contributed by atoms with Gasteiger partial charge < -0.3 is 14.8 Å². The van der Waals surface area contributed by atoms with Crippen molar-refractivity contribution in [2.45, 2.75) is 18.8 Å². The minimum atomic E-state index is -0.922. The first kappa shape index (κ1) is 20.6. The summed E-state index contributed by atoms with van der Waals surface area (Å²) in [6.45, 7) is 1.93. The molecule has 0 aliphatic heterocycles. The van der Waals surface area contributed by atoms with E-state index in [0.29, 0.717) is 29.3 Å². The van der Waals surface area contributed by atoms with Gasteiger partial charge in [0.25, 0.3) is 0 Å². The minimum Gasteiger partial charge on any atom is -0.493 e. The molecule has 158 valence electrons. The summed E-state index contributed by atoms with van der Waals surface area (Å²) in [5, 5.41) is 2.87. The van der Waals surface area contributed by atoms with Gasteiger partial charge in [-0.3, -0.25) is 9.59 Å². The Hall–Kier alpha value is -3.67. The molecule has 6 heteroatoms. The number of ketones is 1. The molecule has 1 aliphatic carbocycles. The number of carbonyl (C=O) groups is 2. The molecule has 4 rings (SSSR count). The molecule has 2 aromatic carbocycles. The maximum atomic E-state index is 13.7. The van der Waals surface area contributed by atoms with Crippen LogP contribution < -0.4 is 14.8 Å². The highest BCUT2D eigenvalue weighted by Gasteiger charge is 2.64. The lowest BCUT2D eigenvalue weighted by atomic mass is 9.85. The zero-order valence-electron chi connectivity index (χ0n) is 17.7. The Kier molecular flexibility index (Phi) is 5.46. The summed E-state index contributed by atoms with van der Waals surface area (Å²) in [5.74, 6) is 0.689. The third-order valence-corrected chi connectivity index (χ3v) is 5.78. The molecule has 0 saturated heterocycles. The first-order valence-corrected chi connectivity index (χ1v) is 10.1. The van der Waals surface area contributed by atoms with Crippen LogP contribution in [0.15, 0.2) is 66.9 Å². The van der Waals surface area contributed by atoms with E-state index in [0.717, 1.165) is 11.1 Å². The molecule has 2 atom stereocenters. The topological polar surface area (TPSA) is 77.5 Å². The van der Waals surface area contributed by atoms with E-state index in [1.807, 2.05) is 43.3 Å². The van der Waals surface area contributed by atoms with Crippen LogP contribution in [0.25, 0.3) is 0 Å². The van der Waals surface area contributed by atoms with Crippen LogP contribution in [0, 0.1) is 12.8 Å². The Morgan fingerprint density at radius 3 is 2.42 bits per heavy atom. The number of methoxy groups -OCH3 is 2. The molecule has 1 aliphatic rings. The second-order valence-electron chi connectivity index (χ2n) is 7.70. The fraction of sp³-hybridized carbons (Fsp3) is 0.240. The van der Waals surface area contributed by atoms with E-state index < -0.39 is 11.3 Å². The Labute approximate surface area is 181 Å². The van der Waals surface area contributed by atoms with Gasteiger partial charge in [0.15, 0.2) is 17.3 Å². The number of nitrogens with zero attached hydrogens (tertiary/aromatic N) is 1. The van der Waals surface area contributed by atoms with Gasteiger partial charge in [-0.25, -0.2) is 4.98 Å². The van der Waals surface area contributed by atoms with Crippen molar-refractivity contribution in [1.29, 1.82) is 0 Å². The van der Waals surface area contributed by atoms with E-state index in [9.17, 15) is 9.59 Å². The van der Waals surface area contributed by atoms with Gasteiger partial charge in [0, 0.05) is 11.8 Å². The van der Waals surface area contributed by atoms with Crippen LogP contribution in [0.3, 0.4) is 0 Å². The van der Waals surface area contributed by atoms with Crippen molar-refractivity contribution in [1.82, 2.24) is 4.98 Å². The van der Waals surface area contributed by atoms with Crippen molar-refractivity contribution in [3.63, 3.8) is 0 Å². The number of amides is 1. The lowest BCUT2D eigenvalue weighted by molar-refractivity contribution is -0.117. The molecular weight excluding hydrogens is 392 g/mol. The zero-order chi connectivity index (χ0) is 22.0. The van der Waals surface area contributed by atoms with E-state index in [1.165, 1.54) is 7.11 Å². The maximum Gasteiger partial charge on any atom is 0.230 e. The number of pyridine rings is 1. The standard InChI is InChI=1S/C25H24N2O4/c1-16-11-12-26-22(13-16)27-24(29)19-15-25(19,18-7-5-4-6-8-18)23(28)17-9-10-20(30-2)21(14-17)31-3/h4-14,19H,15H2,1-3H3,(H,26,27,29). The summed E-state index contributed by atoms with van der Waals surface area (Å²) in [7, 11) is 3.08. The van der Waals surface area contributed by atoms with Crippen molar-refractivity contribution in [3.05, 3.63) is 83.6 Å². The number of ether oxygens (including phenoxy) is 2. The number of carbonyl (C=O) groups excluding carboxylic acids is 2. The first-order chi connectivity index (χ1) is 15.0. The van der Waals surface area contributed by atoms with Gasteiger partial charge in [0.1, 0.15) is 5.82 Å². The number of benzene rings is 2. The molecule has 1 fully saturated rings. The average molecular weight is 416 g/mol. The van der Waals surface area contributed by atoms with E-state index in [1.54, 1.807) is 37.6 Å². The molecule has 1 heterocycles. The lowest BCUT2D eigenvalue weighted by Gasteiger charge is -2.18. The third-order valence-electron chi connectivity index (χ3n) is 5.78. The summed E-state index contributed by atoms with van der Waals surface area (Å²) >= 11 is 0. The molecule has 31 heavy (non-hydrogen) atoms. The fourth-order valence-corrected chi connectivity index (χ4v) is 4.07. The van der Waals surface area contributed by atoms with Crippen molar-refractivity contribution in [2.75, 3.05) is 19.5 Å². The van der Waals surface area contributed by atoms with Crippen molar-refractivity contribution in [2.24, 2.45) is 5.92 Å². The quantitative estimate of drug-likeness (QED) is 0.585. The number of hydrogen-bond donors (Lipinski definition) is 1. The van der Waals surface area contributed by atoms with Crippen LogP contribution in [0.4, 0.5) is 5.82 Å². The summed E-state index contributed by atoms with van der Waals surface area (Å²) in [6, 6.07) is 18.2. The van der Waals surface area contributed by atoms with Crippen LogP contribution in [0.2, 0.25) is 0 Å². The summed E-state index contributed by atoms with van der Waals surface area (Å²) in [5.41, 5.74) is 1.38. The second-order valence-corrected chi connectivity index (χ2v) is 7.70. The third kappa shape index (κ3) is 3.77. The molecule has 0 spiro atoms. The van der Waals surface area contributed by atoms with Crippen LogP contribution in [0.5, 0.6) is 11.5 Å². The smallest absolute Gasteiger partial charge is 0.230 e. The molecule has 3 aromatic rings. The van der Waals surface area contributed by atoms with Gasteiger partial charge in [0.05, 0.1) is 25.6 Å². The Balaban J connectivity index is 1.68. The van der Waals surface area contributed by atoms with Gasteiger partial charge in [-0.2, -0.15) is 0 Å². The number of rotatable bonds is 7. The predicted molar refractivity (Wildman–Crippen MR) is 118 cm³/mol. The van der Waals surface area contributed by atoms with Crippen LogP contribution >= 0.6 is 0 Å². The number of anilines is 1. The normalized spacial score (nSPS) is 19.4. The van der Waals surface area contributed by atoms with E-state index in [4.69, 9.17) is 9.47 Å². The van der Waals surface area contributed by atoms with Crippen molar-refractivity contribution >= 4 is 17.5 Å². The number of aromatic nitrogens is 1. The zero-order valence-corrected chi connectivity index (χ0v) is 17.7. The van der Waals surface area contributed by atoms with Crippen LogP contribution in [0.1, 0.15) is 27.9 Å². The highest BCUT2D eigenvalue weighted by Crippen LogP contribution is 2.57. The molecular formula is C25H24N2O4. The van der Waals surface area contributed by atoms with Gasteiger partial charge in [0.2, 0.25) is 5.91 Å². The molecule has 1 amide bonds. The lowest BCUT2D eigenvalue weighted by Crippen LogP contribution is -2.28. The fourth-order valence-electron chi connectivity index (χ4n) is 4.07. The van der Waals surface area contributed by atoms with Gasteiger partial charge in [-0.1, -0.05) is 30.3 Å². The van der Waals surface area contributed by atoms with Gasteiger partial charge in [-0.05, 0) is 54.8 Å². The highest BCUT2D eigenvalue weighted by molar-refractivity contribution is 6.12. The molecule has 6 nitrogen and oxygen atoms in total. The molecule has 1 aromatic heterocycles. The van der Waals surface area contributed by atoms with Crippen molar-refractivity contribution < 1.29 is 19.1 Å². The number of Topliss-reactive ketones (excluding diaryl/α,β-unsaturated/α-hetero) is 1. The Morgan fingerprint density at radius 2 is 1.74 bits per heavy atom. The minimum absolute atomic E-state index is 0.114. The van der Waals surface area contributed by atoms with Crippen LogP contribution in [-0.4, -0.2) is 30.9 Å². The molecule has 1 saturated carbocycles. The summed E-state index contributed by atoms with van der Waals surface area (Å²) in [6.07, 6.45) is 2.08. The number of aryl methyl sites for hydroxylation is 1. The average Bonchev–Trinajstić information content (AvgIpc) is 3.56. The number of hydrogen-bond acceptors (Lipinski definition) is 5. The molecule has 0 bridgehead atoms. The highest BCUT2D eigenvalue weighted by atomic mass is 16.5. The first-order valence-electron chi connectivity index (χ1n) is 10.1. The van der Waals surface area contributed by atoms with Crippen molar-refractivity contribution in [3.8, 4) is 11.5 Å².